The summed E-state index contributed by atoms with van der Waals surface area (Å²) in [7, 11) is 2.39. The lowest BCUT2D eigenvalue weighted by atomic mass is 10.7. The molecule has 0 aliphatic heterocycles. The molecule has 0 heterocycles. The molecule has 3 heteroatoms. The van der Waals surface area contributed by atoms with Gasteiger partial charge >= 0.3 is 0 Å². The Labute approximate surface area is 46.4 Å². The lowest BCUT2D eigenvalue weighted by molar-refractivity contribution is -0.123. The van der Waals surface area contributed by atoms with Gasteiger partial charge in [0.2, 0.25) is 5.91 Å². The highest BCUT2D eigenvalue weighted by Crippen LogP contribution is 1.75. The summed E-state index contributed by atoms with van der Waals surface area (Å²) in [5.74, 6) is 0.140. The molecule has 2 radical (unpaired) electrons. The van der Waals surface area contributed by atoms with Crippen molar-refractivity contribution in [2.24, 2.45) is 0 Å². The van der Waals surface area contributed by atoms with E-state index >= 15 is 0 Å². The average molecular weight is 115 g/mol. The minimum Gasteiger partial charge on any atom is -0.373 e. The van der Waals surface area contributed by atoms with Crippen molar-refractivity contribution in [1.29, 1.82) is 0 Å². The van der Waals surface area contributed by atoms with Crippen LogP contribution in [-0.2, 0) is 4.79 Å². The van der Waals surface area contributed by atoms with Gasteiger partial charge in [-0.05, 0) is 0 Å². The molecule has 0 N–H and O–H groups in total. The summed E-state index contributed by atoms with van der Waals surface area (Å²) in [5, 5.41) is 0. The zero-order valence-electron chi connectivity index (χ0n) is 4.86. The summed E-state index contributed by atoms with van der Waals surface area (Å²) in [4.78, 5) is 10.3. The summed E-state index contributed by atoms with van der Waals surface area (Å²) in [6.07, 6.45) is 0. The standard InChI is InChI=1S/C4H9NOSi/c1-4(6)5(2)7-3/h1-3H3. The molecule has 0 aliphatic carbocycles. The number of hydrogen-bond donors (Lipinski definition) is 0. The van der Waals surface area contributed by atoms with Crippen LogP contribution in [0.5, 0.6) is 0 Å². The highest BCUT2D eigenvalue weighted by molar-refractivity contribution is 6.34. The maximum atomic E-state index is 10.3. The van der Waals surface area contributed by atoms with E-state index in [9.17, 15) is 4.79 Å². The Morgan fingerprint density at radius 2 is 2.14 bits per heavy atom. The molecule has 0 atom stereocenters. The maximum absolute atomic E-state index is 10.3. The molecular weight excluding hydrogens is 106 g/mol. The van der Waals surface area contributed by atoms with Gasteiger partial charge in [0, 0.05) is 14.0 Å². The molecule has 0 aromatic rings. The fraction of sp³-hybridized carbons (Fsp3) is 0.750. The van der Waals surface area contributed by atoms with E-state index in [0.717, 1.165) is 0 Å². The van der Waals surface area contributed by atoms with E-state index in [2.05, 4.69) is 0 Å². The van der Waals surface area contributed by atoms with Crippen LogP contribution in [0, 0.1) is 0 Å². The molecule has 0 aliphatic rings. The number of hydrogen-bond acceptors (Lipinski definition) is 1. The third-order valence-electron chi connectivity index (χ3n) is 0.808. The molecule has 1 amide bonds. The van der Waals surface area contributed by atoms with Crippen LogP contribution < -0.4 is 0 Å². The quantitative estimate of drug-likeness (QED) is 0.445. The number of nitrogens with zero attached hydrogens (tertiary/aromatic N) is 1. The minimum absolute atomic E-state index is 0.140. The van der Waals surface area contributed by atoms with E-state index in [1.165, 1.54) is 0 Å². The molecule has 0 saturated carbocycles. The molecule has 0 unspecified atom stereocenters. The van der Waals surface area contributed by atoms with E-state index in [4.69, 9.17) is 0 Å². The monoisotopic (exact) mass is 115 g/mol. The van der Waals surface area contributed by atoms with E-state index in [-0.39, 0.29) is 5.91 Å². The van der Waals surface area contributed by atoms with Crippen LogP contribution in [0.3, 0.4) is 0 Å². The molecule has 0 aromatic heterocycles. The number of carbonyl (C=O) groups excluding carboxylic acids is 1. The van der Waals surface area contributed by atoms with Crippen LogP contribution in [0.4, 0.5) is 0 Å². The summed E-state index contributed by atoms with van der Waals surface area (Å²) in [5.41, 5.74) is 0. The van der Waals surface area contributed by atoms with Gasteiger partial charge in [0.25, 0.3) is 0 Å². The lowest BCUT2D eigenvalue weighted by Gasteiger charge is -2.07. The Bertz CT molecular complexity index is 74.1. The highest BCUT2D eigenvalue weighted by atomic mass is 28.2. The lowest BCUT2D eigenvalue weighted by Crippen LogP contribution is -2.25. The van der Waals surface area contributed by atoms with Crippen molar-refractivity contribution in [3.8, 4) is 0 Å². The topological polar surface area (TPSA) is 20.3 Å². The Morgan fingerprint density at radius 1 is 1.71 bits per heavy atom. The van der Waals surface area contributed by atoms with Gasteiger partial charge in [0.05, 0.1) is 0 Å². The van der Waals surface area contributed by atoms with Crippen molar-refractivity contribution in [2.45, 2.75) is 13.5 Å². The Morgan fingerprint density at radius 3 is 2.14 bits per heavy atom. The number of carbonyl (C=O) groups is 1. The number of amides is 1. The predicted octanol–water partition coefficient (Wildman–Crippen LogP) is 0.132. The first kappa shape index (κ1) is 6.69. The second-order valence-corrected chi connectivity index (χ2v) is 2.42. The molecule has 2 nitrogen and oxygen atoms in total. The molecule has 0 bridgehead atoms. The molecule has 0 spiro atoms. The van der Waals surface area contributed by atoms with Gasteiger partial charge < -0.3 is 4.57 Å². The molecule has 40 valence electrons. The zero-order chi connectivity index (χ0) is 5.86. The summed E-state index contributed by atoms with van der Waals surface area (Å²) < 4.78 is 1.68. The van der Waals surface area contributed by atoms with Crippen LogP contribution >= 0.6 is 0 Å². The fourth-order valence-corrected chi connectivity index (χ4v) is 0.472. The molecular formula is C4H9NOSi. The van der Waals surface area contributed by atoms with Crippen molar-refractivity contribution in [2.75, 3.05) is 7.05 Å². The first-order chi connectivity index (χ1) is 3.18. The SMILES string of the molecule is C[Si]N(C)C(C)=O. The number of rotatable bonds is 1. The maximum Gasteiger partial charge on any atom is 0.211 e. The van der Waals surface area contributed by atoms with Crippen molar-refractivity contribution >= 4 is 15.6 Å². The summed E-state index contributed by atoms with van der Waals surface area (Å²) in [6, 6.07) is 0. The zero-order valence-corrected chi connectivity index (χ0v) is 5.86. The molecule has 0 saturated heterocycles. The van der Waals surface area contributed by atoms with Crippen LogP contribution in [-0.4, -0.2) is 27.2 Å². The summed E-state index contributed by atoms with van der Waals surface area (Å²) >= 11 is 0. The Kier molecular flexibility index (Phi) is 2.67. The fourth-order valence-electron chi connectivity index (χ4n) is 0.157. The normalized spacial score (nSPS) is 8.43. The first-order valence-corrected chi connectivity index (χ1v) is 3.55. The van der Waals surface area contributed by atoms with Gasteiger partial charge in [0.1, 0.15) is 0 Å². The smallest absolute Gasteiger partial charge is 0.211 e. The van der Waals surface area contributed by atoms with E-state index in [1.807, 2.05) is 6.55 Å². The predicted molar refractivity (Wildman–Crippen MR) is 30.1 cm³/mol. The minimum atomic E-state index is 0.140. The van der Waals surface area contributed by atoms with Crippen molar-refractivity contribution in [3.63, 3.8) is 0 Å². The van der Waals surface area contributed by atoms with Gasteiger partial charge in [-0.2, -0.15) is 0 Å². The van der Waals surface area contributed by atoms with Gasteiger partial charge in [0.15, 0.2) is 9.68 Å². The third kappa shape index (κ3) is 2.39. The second kappa shape index (κ2) is 2.79. The first-order valence-electron chi connectivity index (χ1n) is 2.10. The van der Waals surface area contributed by atoms with Gasteiger partial charge in [-0.3, -0.25) is 4.79 Å². The van der Waals surface area contributed by atoms with Crippen LogP contribution in [0.2, 0.25) is 6.55 Å². The average Bonchev–Trinajstić information content (AvgIpc) is 1.65. The highest BCUT2D eigenvalue weighted by Gasteiger charge is 1.95. The molecule has 7 heavy (non-hydrogen) atoms. The van der Waals surface area contributed by atoms with Crippen LogP contribution in [0.25, 0.3) is 0 Å². The van der Waals surface area contributed by atoms with E-state index in [1.54, 1.807) is 18.5 Å². The molecule has 0 rings (SSSR count). The Balaban J connectivity index is 3.34. The second-order valence-electron chi connectivity index (χ2n) is 1.30. The van der Waals surface area contributed by atoms with E-state index in [0.29, 0.717) is 9.68 Å². The van der Waals surface area contributed by atoms with Gasteiger partial charge in [-0.25, -0.2) is 0 Å². The Hall–Kier alpha value is -0.313. The van der Waals surface area contributed by atoms with E-state index < -0.39 is 0 Å². The van der Waals surface area contributed by atoms with Gasteiger partial charge in [-0.15, -0.1) is 0 Å². The van der Waals surface area contributed by atoms with Crippen LogP contribution in [0.1, 0.15) is 6.92 Å². The van der Waals surface area contributed by atoms with Gasteiger partial charge in [-0.1, -0.05) is 6.55 Å². The van der Waals surface area contributed by atoms with Crippen molar-refractivity contribution in [1.82, 2.24) is 4.57 Å². The van der Waals surface area contributed by atoms with Crippen molar-refractivity contribution in [3.05, 3.63) is 0 Å². The van der Waals surface area contributed by atoms with Crippen LogP contribution in [0.15, 0.2) is 0 Å². The molecule has 0 aromatic carbocycles. The molecule has 0 fully saturated rings. The third-order valence-corrected chi connectivity index (χ3v) is 1.79. The largest absolute Gasteiger partial charge is 0.373 e. The van der Waals surface area contributed by atoms with Crippen molar-refractivity contribution < 1.29 is 4.79 Å². The summed E-state index contributed by atoms with van der Waals surface area (Å²) in [6.45, 7) is 3.54.